The lowest BCUT2D eigenvalue weighted by Gasteiger charge is -2.12. The number of aromatic nitrogens is 2. The summed E-state index contributed by atoms with van der Waals surface area (Å²) in [6.07, 6.45) is 0.962. The van der Waals surface area contributed by atoms with E-state index in [-0.39, 0.29) is 23.1 Å². The van der Waals surface area contributed by atoms with Crippen molar-refractivity contribution >= 4 is 45.6 Å². The van der Waals surface area contributed by atoms with E-state index in [2.05, 4.69) is 15.7 Å². The first-order valence-corrected chi connectivity index (χ1v) is 13.5. The van der Waals surface area contributed by atoms with Gasteiger partial charge in [0.25, 0.3) is 0 Å². The van der Waals surface area contributed by atoms with Crippen molar-refractivity contribution in [3.63, 3.8) is 0 Å². The fraction of sp³-hybridized carbons (Fsp3) is 0.156. The number of anilines is 2. The summed E-state index contributed by atoms with van der Waals surface area (Å²) in [5, 5.41) is 13.7. The van der Waals surface area contributed by atoms with Crippen LogP contribution in [0.3, 0.4) is 0 Å². The number of carbonyl (C=O) groups excluding carboxylic acids is 2. The van der Waals surface area contributed by atoms with Gasteiger partial charge in [-0.1, -0.05) is 83.9 Å². The van der Waals surface area contributed by atoms with E-state index in [1.54, 1.807) is 28.9 Å². The van der Waals surface area contributed by atoms with Crippen LogP contribution in [0.2, 0.25) is 5.02 Å². The number of halogens is 1. The summed E-state index contributed by atoms with van der Waals surface area (Å²) >= 11 is 6.08. The second-order valence-electron chi connectivity index (χ2n) is 9.64. The van der Waals surface area contributed by atoms with Crippen molar-refractivity contribution in [1.82, 2.24) is 15.1 Å². The first-order valence-electron chi connectivity index (χ1n) is 13.1. The van der Waals surface area contributed by atoms with Gasteiger partial charge in [0.1, 0.15) is 5.69 Å². The molecule has 0 aliphatic carbocycles. The van der Waals surface area contributed by atoms with Crippen molar-refractivity contribution in [2.24, 2.45) is 0 Å². The molecule has 0 atom stereocenters. The zero-order valence-corrected chi connectivity index (χ0v) is 22.9. The highest BCUT2D eigenvalue weighted by Crippen LogP contribution is 2.29. The van der Waals surface area contributed by atoms with Crippen LogP contribution in [-0.4, -0.2) is 34.6 Å². The molecule has 0 fully saturated rings. The Morgan fingerprint density at radius 1 is 0.900 bits per heavy atom. The van der Waals surface area contributed by atoms with Crippen molar-refractivity contribution < 1.29 is 9.59 Å². The van der Waals surface area contributed by atoms with Crippen LogP contribution in [0.1, 0.15) is 33.6 Å². The van der Waals surface area contributed by atoms with Gasteiger partial charge in [0.2, 0.25) is 11.7 Å². The molecular weight excluding hydrogens is 522 g/mol. The van der Waals surface area contributed by atoms with Crippen LogP contribution in [0, 0.1) is 6.92 Å². The molecule has 8 heteroatoms. The molecule has 0 aliphatic heterocycles. The van der Waals surface area contributed by atoms with Gasteiger partial charge in [0, 0.05) is 23.7 Å². The van der Waals surface area contributed by atoms with E-state index < -0.39 is 0 Å². The van der Waals surface area contributed by atoms with Crippen LogP contribution in [-0.2, 0) is 11.2 Å². The predicted molar refractivity (Wildman–Crippen MR) is 161 cm³/mol. The number of hydrogen-bond donors (Lipinski definition) is 3. The van der Waals surface area contributed by atoms with Gasteiger partial charge in [0.05, 0.1) is 12.1 Å². The highest BCUT2D eigenvalue weighted by molar-refractivity contribution is 6.30. The van der Waals surface area contributed by atoms with Crippen LogP contribution in [0.25, 0.3) is 16.5 Å². The zero-order chi connectivity index (χ0) is 28.1. The Morgan fingerprint density at radius 3 is 2.40 bits per heavy atom. The minimum absolute atomic E-state index is 0.0342. The summed E-state index contributed by atoms with van der Waals surface area (Å²) in [6.45, 7) is 2.96. The van der Waals surface area contributed by atoms with Gasteiger partial charge in [-0.3, -0.25) is 9.59 Å². The van der Waals surface area contributed by atoms with E-state index in [9.17, 15) is 9.59 Å². The van der Waals surface area contributed by atoms with Gasteiger partial charge in [-0.15, -0.1) is 0 Å². The number of benzene rings is 4. The lowest BCUT2D eigenvalue weighted by molar-refractivity contribution is -0.120. The normalized spacial score (nSPS) is 10.9. The van der Waals surface area contributed by atoms with Gasteiger partial charge in [-0.05, 0) is 53.9 Å². The van der Waals surface area contributed by atoms with Crippen LogP contribution in [0.4, 0.5) is 11.5 Å². The van der Waals surface area contributed by atoms with Crippen molar-refractivity contribution in [3.05, 3.63) is 118 Å². The molecule has 0 saturated carbocycles. The Hall–Kier alpha value is -4.62. The summed E-state index contributed by atoms with van der Waals surface area (Å²) in [7, 11) is 0. The van der Waals surface area contributed by atoms with E-state index in [0.717, 1.165) is 21.9 Å². The topological polar surface area (TPSA) is 102 Å². The predicted octanol–water partition coefficient (Wildman–Crippen LogP) is 5.96. The van der Waals surface area contributed by atoms with Crippen LogP contribution in [0.5, 0.6) is 0 Å². The number of ketones is 1. The molecule has 0 aliphatic rings. The molecule has 0 saturated heterocycles. The quantitative estimate of drug-likeness (QED) is 0.147. The van der Waals surface area contributed by atoms with Crippen molar-refractivity contribution in [2.75, 3.05) is 24.1 Å². The Bertz CT molecular complexity index is 1650. The van der Waals surface area contributed by atoms with E-state index >= 15 is 0 Å². The van der Waals surface area contributed by atoms with E-state index in [1.165, 1.54) is 0 Å². The highest BCUT2D eigenvalue weighted by Gasteiger charge is 2.23. The number of aryl methyl sites for hydroxylation is 1. The standard InChI is InChI=1S/C32H30ClN5O2/c1-21-10-12-23(13-11-21)31(40)30-29(34)32(38(37-30)26-16-14-25(33)15-17-26)36-19-5-18-35-28(39)20-24-8-4-7-22-6-2-3-9-27(22)24/h2-4,6-17,36H,5,18-20,34H2,1H3,(H,35,39). The first kappa shape index (κ1) is 27.0. The molecule has 0 radical (unpaired) electrons. The smallest absolute Gasteiger partial charge is 0.224 e. The van der Waals surface area contributed by atoms with E-state index in [4.69, 9.17) is 17.3 Å². The van der Waals surface area contributed by atoms with Crippen molar-refractivity contribution in [1.29, 1.82) is 0 Å². The molecule has 4 N–H and O–H groups in total. The third-order valence-corrected chi connectivity index (χ3v) is 6.97. The molecular formula is C32H30ClN5O2. The fourth-order valence-corrected chi connectivity index (χ4v) is 4.71. The molecule has 4 aromatic carbocycles. The third kappa shape index (κ3) is 6.00. The number of rotatable bonds is 10. The lowest BCUT2D eigenvalue weighted by atomic mass is 10.0. The average Bonchev–Trinajstić information content (AvgIpc) is 3.29. The number of fused-ring (bicyclic) bond motifs is 1. The molecule has 0 bridgehead atoms. The van der Waals surface area contributed by atoms with Gasteiger partial charge in [0.15, 0.2) is 11.5 Å². The second kappa shape index (κ2) is 12.1. The summed E-state index contributed by atoms with van der Waals surface area (Å²) in [6, 6.07) is 28.5. The maximum Gasteiger partial charge on any atom is 0.224 e. The monoisotopic (exact) mass is 551 g/mol. The minimum Gasteiger partial charge on any atom is -0.394 e. The van der Waals surface area contributed by atoms with Gasteiger partial charge < -0.3 is 16.4 Å². The summed E-state index contributed by atoms with van der Waals surface area (Å²) in [4.78, 5) is 25.9. The van der Waals surface area contributed by atoms with Crippen LogP contribution in [0.15, 0.2) is 91.0 Å². The molecule has 40 heavy (non-hydrogen) atoms. The number of nitrogens with two attached hydrogens (primary N) is 1. The lowest BCUT2D eigenvalue weighted by Crippen LogP contribution is -2.27. The second-order valence-corrected chi connectivity index (χ2v) is 10.1. The number of nitrogen functional groups attached to an aromatic ring is 1. The van der Waals surface area contributed by atoms with Crippen LogP contribution >= 0.6 is 11.6 Å². The van der Waals surface area contributed by atoms with Crippen molar-refractivity contribution in [2.45, 2.75) is 19.8 Å². The van der Waals surface area contributed by atoms with Gasteiger partial charge in [-0.2, -0.15) is 5.10 Å². The SMILES string of the molecule is Cc1ccc(C(=O)c2nn(-c3ccc(Cl)cc3)c(NCCCNC(=O)Cc3cccc4ccccc34)c2N)cc1. The molecule has 202 valence electrons. The first-order chi connectivity index (χ1) is 19.4. The number of amides is 1. The maximum absolute atomic E-state index is 13.3. The Kier molecular flexibility index (Phi) is 8.12. The minimum atomic E-state index is -0.256. The Labute approximate surface area is 238 Å². The summed E-state index contributed by atoms with van der Waals surface area (Å²) in [5.74, 6) is 0.224. The number of nitrogens with zero attached hydrogens (tertiary/aromatic N) is 2. The summed E-state index contributed by atoms with van der Waals surface area (Å²) < 4.78 is 1.62. The number of nitrogens with one attached hydrogen (secondary N) is 2. The molecule has 1 heterocycles. The molecule has 0 spiro atoms. The fourth-order valence-electron chi connectivity index (χ4n) is 4.58. The van der Waals surface area contributed by atoms with Crippen LogP contribution < -0.4 is 16.4 Å². The van der Waals surface area contributed by atoms with E-state index in [1.807, 2.05) is 73.7 Å². The average molecular weight is 552 g/mol. The summed E-state index contributed by atoms with van der Waals surface area (Å²) in [5.41, 5.74) is 10.2. The number of carbonyl (C=O) groups is 2. The maximum atomic E-state index is 13.3. The van der Waals surface area contributed by atoms with Crippen molar-refractivity contribution in [3.8, 4) is 5.69 Å². The largest absolute Gasteiger partial charge is 0.394 e. The Morgan fingerprint density at radius 2 is 1.62 bits per heavy atom. The Balaban J connectivity index is 1.25. The molecule has 5 aromatic rings. The van der Waals surface area contributed by atoms with Gasteiger partial charge >= 0.3 is 0 Å². The van der Waals surface area contributed by atoms with E-state index in [0.29, 0.717) is 48.0 Å². The molecule has 1 amide bonds. The molecule has 0 unspecified atom stereocenters. The zero-order valence-electron chi connectivity index (χ0n) is 22.2. The highest BCUT2D eigenvalue weighted by atomic mass is 35.5. The number of hydrogen-bond acceptors (Lipinski definition) is 5. The molecule has 5 rings (SSSR count). The molecule has 1 aromatic heterocycles. The third-order valence-electron chi connectivity index (χ3n) is 6.72. The molecule has 7 nitrogen and oxygen atoms in total. The van der Waals surface area contributed by atoms with Gasteiger partial charge in [-0.25, -0.2) is 4.68 Å².